The lowest BCUT2D eigenvalue weighted by Gasteiger charge is -2.69. The van der Waals surface area contributed by atoms with Crippen LogP contribution in [0, 0.1) is 51.2 Å². The van der Waals surface area contributed by atoms with E-state index in [1.807, 2.05) is 7.11 Å². The fraction of sp³-hybridized carbons (Fsp3) is 0.964. The van der Waals surface area contributed by atoms with Gasteiger partial charge in [0.15, 0.2) is 0 Å². The molecule has 0 aromatic rings. The van der Waals surface area contributed by atoms with E-state index in [1.54, 1.807) is 7.11 Å². The van der Waals surface area contributed by atoms with Crippen molar-refractivity contribution in [1.29, 1.82) is 0 Å². The fourth-order valence-electron chi connectivity index (χ4n) is 11.2. The van der Waals surface area contributed by atoms with Gasteiger partial charge in [-0.25, -0.2) is 0 Å². The summed E-state index contributed by atoms with van der Waals surface area (Å²) in [6.45, 7) is 10.3. The first-order valence-electron chi connectivity index (χ1n) is 13.3. The molecule has 0 heterocycles. The standard InChI is InChI=1S/C28H46O3/c1-25(2)21-12-15-26(3)19-11-17-28(24(29)31-6)14-7-8-20(28)18(19)9-10-22(26)27(21,4)16-13-23(25)30-5/h18-23H,7-17H2,1-6H3/t18?,19?,20?,21?,22?,23-,26-,27-,28-/m0/s1. The number of fused-ring (bicyclic) bond motifs is 7. The molecule has 0 aliphatic heterocycles. The van der Waals surface area contributed by atoms with E-state index in [0.717, 1.165) is 36.5 Å². The number of ether oxygens (including phenoxy) is 2. The molecule has 0 N–H and O–H groups in total. The molecule has 5 rings (SSSR count). The maximum atomic E-state index is 12.9. The Morgan fingerprint density at radius 1 is 0.742 bits per heavy atom. The van der Waals surface area contributed by atoms with Crippen molar-refractivity contribution in [2.24, 2.45) is 51.2 Å². The molecule has 0 aromatic carbocycles. The van der Waals surface area contributed by atoms with E-state index in [0.29, 0.717) is 22.9 Å². The molecule has 0 aromatic heterocycles. The van der Waals surface area contributed by atoms with Gasteiger partial charge < -0.3 is 9.47 Å². The normalized spacial score (nSPS) is 53.0. The molecule has 0 bridgehead atoms. The summed E-state index contributed by atoms with van der Waals surface area (Å²) < 4.78 is 11.4. The highest BCUT2D eigenvalue weighted by atomic mass is 16.5. The van der Waals surface area contributed by atoms with Gasteiger partial charge in [0.2, 0.25) is 0 Å². The summed E-state index contributed by atoms with van der Waals surface area (Å²) in [5.74, 6) is 3.80. The number of hydrogen-bond donors (Lipinski definition) is 0. The molecule has 5 unspecified atom stereocenters. The second kappa shape index (κ2) is 7.21. The topological polar surface area (TPSA) is 35.5 Å². The molecule has 9 atom stereocenters. The minimum absolute atomic E-state index is 0.107. The number of hydrogen-bond acceptors (Lipinski definition) is 3. The fourth-order valence-corrected chi connectivity index (χ4v) is 11.2. The summed E-state index contributed by atoms with van der Waals surface area (Å²) >= 11 is 0. The Kier molecular flexibility index (Phi) is 5.17. The van der Waals surface area contributed by atoms with Gasteiger partial charge in [-0.05, 0) is 110 Å². The number of methoxy groups -OCH3 is 2. The van der Waals surface area contributed by atoms with Crippen molar-refractivity contribution in [3.63, 3.8) is 0 Å². The van der Waals surface area contributed by atoms with Crippen LogP contribution in [0.15, 0.2) is 0 Å². The van der Waals surface area contributed by atoms with Crippen LogP contribution < -0.4 is 0 Å². The lowest BCUT2D eigenvalue weighted by Crippen LogP contribution is -2.63. The molecule has 0 saturated heterocycles. The van der Waals surface area contributed by atoms with Crippen LogP contribution >= 0.6 is 0 Å². The Morgan fingerprint density at radius 2 is 1.48 bits per heavy atom. The molecule has 5 aliphatic carbocycles. The summed E-state index contributed by atoms with van der Waals surface area (Å²) in [4.78, 5) is 12.9. The van der Waals surface area contributed by atoms with Crippen molar-refractivity contribution in [2.75, 3.05) is 14.2 Å². The summed E-state index contributed by atoms with van der Waals surface area (Å²) in [6, 6.07) is 0. The van der Waals surface area contributed by atoms with Crippen LogP contribution in [0.5, 0.6) is 0 Å². The van der Waals surface area contributed by atoms with Crippen molar-refractivity contribution < 1.29 is 14.3 Å². The minimum Gasteiger partial charge on any atom is -0.469 e. The number of carbonyl (C=O) groups is 1. The van der Waals surface area contributed by atoms with E-state index in [-0.39, 0.29) is 16.8 Å². The molecule has 0 radical (unpaired) electrons. The van der Waals surface area contributed by atoms with Crippen molar-refractivity contribution >= 4 is 5.97 Å². The van der Waals surface area contributed by atoms with Gasteiger partial charge in [-0.2, -0.15) is 0 Å². The highest BCUT2D eigenvalue weighted by Gasteiger charge is 2.67. The lowest BCUT2D eigenvalue weighted by atomic mass is 9.36. The highest BCUT2D eigenvalue weighted by Crippen LogP contribution is 2.73. The van der Waals surface area contributed by atoms with Crippen molar-refractivity contribution in [1.82, 2.24) is 0 Å². The van der Waals surface area contributed by atoms with E-state index in [4.69, 9.17) is 9.47 Å². The van der Waals surface area contributed by atoms with Crippen LogP contribution in [0.1, 0.15) is 98.3 Å². The van der Waals surface area contributed by atoms with Crippen molar-refractivity contribution in [3.8, 4) is 0 Å². The van der Waals surface area contributed by atoms with Crippen LogP contribution in [0.2, 0.25) is 0 Å². The molecule has 5 saturated carbocycles. The summed E-state index contributed by atoms with van der Waals surface area (Å²) in [7, 11) is 3.53. The molecular weight excluding hydrogens is 384 g/mol. The quantitative estimate of drug-likeness (QED) is 0.461. The average molecular weight is 431 g/mol. The van der Waals surface area contributed by atoms with Crippen LogP contribution in [0.4, 0.5) is 0 Å². The van der Waals surface area contributed by atoms with Gasteiger partial charge in [0.05, 0.1) is 18.6 Å². The lowest BCUT2D eigenvalue weighted by molar-refractivity contribution is -0.219. The van der Waals surface area contributed by atoms with Crippen molar-refractivity contribution in [3.05, 3.63) is 0 Å². The van der Waals surface area contributed by atoms with Crippen LogP contribution in [-0.4, -0.2) is 26.3 Å². The van der Waals surface area contributed by atoms with Crippen LogP contribution in [0.25, 0.3) is 0 Å². The molecule has 176 valence electrons. The molecule has 3 nitrogen and oxygen atoms in total. The third-order valence-electron chi connectivity index (χ3n) is 12.3. The monoisotopic (exact) mass is 430 g/mol. The first-order valence-corrected chi connectivity index (χ1v) is 13.3. The number of rotatable bonds is 2. The molecule has 5 fully saturated rings. The van der Waals surface area contributed by atoms with Crippen LogP contribution in [-0.2, 0) is 14.3 Å². The van der Waals surface area contributed by atoms with Gasteiger partial charge in [0.25, 0.3) is 0 Å². The van der Waals surface area contributed by atoms with Gasteiger partial charge in [0, 0.05) is 7.11 Å². The van der Waals surface area contributed by atoms with Crippen molar-refractivity contribution in [2.45, 2.75) is 104 Å². The summed E-state index contributed by atoms with van der Waals surface area (Å²) in [6.07, 6.45) is 14.2. The first kappa shape index (κ1) is 22.2. The third kappa shape index (κ3) is 2.77. The summed E-state index contributed by atoms with van der Waals surface area (Å²) in [5, 5.41) is 0. The Bertz CT molecular complexity index is 730. The van der Waals surface area contributed by atoms with E-state index in [1.165, 1.54) is 57.8 Å². The smallest absolute Gasteiger partial charge is 0.312 e. The zero-order valence-electron chi connectivity index (χ0n) is 21.0. The maximum Gasteiger partial charge on any atom is 0.312 e. The van der Waals surface area contributed by atoms with E-state index in [2.05, 4.69) is 27.7 Å². The molecule has 3 heteroatoms. The van der Waals surface area contributed by atoms with Gasteiger partial charge in [0.1, 0.15) is 0 Å². The number of esters is 1. The largest absolute Gasteiger partial charge is 0.469 e. The van der Waals surface area contributed by atoms with Gasteiger partial charge >= 0.3 is 5.97 Å². The SMILES string of the molecule is COC(=O)[C@]12CCCC1C1CCC3[C@@](C)(CCC4C(C)(C)[C@@H](OC)CC[C@@]43C)C1CC2. The predicted octanol–water partition coefficient (Wildman–Crippen LogP) is 6.64. The highest BCUT2D eigenvalue weighted by molar-refractivity contribution is 5.77. The van der Waals surface area contributed by atoms with E-state index < -0.39 is 0 Å². The second-order valence-electron chi connectivity index (χ2n) is 13.3. The maximum absolute atomic E-state index is 12.9. The number of carbonyl (C=O) groups excluding carboxylic acids is 1. The Hall–Kier alpha value is -0.570. The molecule has 31 heavy (non-hydrogen) atoms. The Morgan fingerprint density at radius 3 is 2.19 bits per heavy atom. The summed E-state index contributed by atoms with van der Waals surface area (Å²) in [5.41, 5.74) is 0.981. The average Bonchev–Trinajstić information content (AvgIpc) is 3.18. The Balaban J connectivity index is 1.46. The first-order chi connectivity index (χ1) is 14.6. The van der Waals surface area contributed by atoms with E-state index >= 15 is 0 Å². The van der Waals surface area contributed by atoms with Gasteiger partial charge in [-0.15, -0.1) is 0 Å². The zero-order valence-corrected chi connectivity index (χ0v) is 21.0. The van der Waals surface area contributed by atoms with Gasteiger partial charge in [-0.3, -0.25) is 4.79 Å². The molecule has 0 spiro atoms. The minimum atomic E-state index is -0.154. The zero-order chi connectivity index (χ0) is 22.2. The predicted molar refractivity (Wildman–Crippen MR) is 123 cm³/mol. The third-order valence-corrected chi connectivity index (χ3v) is 12.3. The van der Waals surface area contributed by atoms with Crippen LogP contribution in [0.3, 0.4) is 0 Å². The van der Waals surface area contributed by atoms with E-state index in [9.17, 15) is 4.79 Å². The van der Waals surface area contributed by atoms with Gasteiger partial charge in [-0.1, -0.05) is 34.1 Å². The molecule has 5 aliphatic rings. The Labute approximate surface area is 190 Å². The molecular formula is C28H46O3. The molecule has 0 amide bonds. The second-order valence-corrected chi connectivity index (χ2v) is 13.3.